The molecule has 0 unspecified atom stereocenters. The predicted octanol–water partition coefficient (Wildman–Crippen LogP) is 9.99. The Hall–Kier alpha value is -7.42. The molecule has 0 saturated carbocycles. The van der Waals surface area contributed by atoms with Crippen LogP contribution in [0.5, 0.6) is 0 Å². The predicted molar refractivity (Wildman–Crippen MR) is 347 cm³/mol. The average molecular weight is 1400 g/mol. The summed E-state index contributed by atoms with van der Waals surface area (Å²) in [6.45, 7) is 2.32. The van der Waals surface area contributed by atoms with Gasteiger partial charge in [0, 0.05) is 89.9 Å². The molecule has 0 aromatic heterocycles. The smallest absolute Gasteiger partial charge is 0.305 e. The van der Waals surface area contributed by atoms with Gasteiger partial charge in [-0.2, -0.15) is 0 Å². The van der Waals surface area contributed by atoms with Crippen LogP contribution in [0.2, 0.25) is 0 Å². The van der Waals surface area contributed by atoms with Crippen molar-refractivity contribution in [1.82, 2.24) is 0 Å². The van der Waals surface area contributed by atoms with E-state index in [0.717, 1.165) is 0 Å². The van der Waals surface area contributed by atoms with Crippen molar-refractivity contribution in [1.29, 1.82) is 0 Å². The van der Waals surface area contributed by atoms with Crippen molar-refractivity contribution in [2.45, 2.75) is 270 Å². The molecule has 1 rings (SSSR count). The number of carbonyl (C=O) groups excluding carboxylic acids is 14. The van der Waals surface area contributed by atoms with E-state index in [1.54, 1.807) is 0 Å². The quantitative estimate of drug-likeness (QED) is 0.161. The lowest BCUT2D eigenvalue weighted by Crippen LogP contribution is -2.11. The van der Waals surface area contributed by atoms with E-state index in [0.29, 0.717) is 180 Å². The molecule has 1 fully saturated rings. The first kappa shape index (κ1) is 88.6. The molecule has 1 heterocycles. The summed E-state index contributed by atoms with van der Waals surface area (Å²) >= 11 is 0. The minimum Gasteiger partial charge on any atom is -0.466 e. The van der Waals surface area contributed by atoms with E-state index in [1.165, 1.54) is 0 Å². The Morgan fingerprint density at radius 2 is 0.163 bits per heavy atom. The SMILES string of the molecule is O=C1CCCCC(=O)OCCCCOC(=O)CCCCC(=O)OCCCCOC(=O)CCCCC(=O)OCCCCOC(=O)CCCCC(=O)OCCCCOC(=O)CCCCC(=O)OCCCCOC(=O)CCCCC(=O)OCCCCOC(=O)CCCCC(=O)OCCCCO1. The molecule has 0 aromatic rings. The second kappa shape index (κ2) is 64.3. The van der Waals surface area contributed by atoms with Gasteiger partial charge in [-0.15, -0.1) is 0 Å². The summed E-state index contributed by atoms with van der Waals surface area (Å²) in [5, 5.41) is 0. The average Bonchev–Trinajstić information content (AvgIpc) is 3.71. The Balaban J connectivity index is 2.32. The van der Waals surface area contributed by atoms with Crippen molar-refractivity contribution in [3.8, 4) is 0 Å². The molecule has 98 heavy (non-hydrogen) atoms. The summed E-state index contributed by atoms with van der Waals surface area (Å²) in [6, 6.07) is 0. The maximum Gasteiger partial charge on any atom is 0.305 e. The Kier molecular flexibility index (Phi) is 58.1. The lowest BCUT2D eigenvalue weighted by Gasteiger charge is -2.08. The maximum atomic E-state index is 12.1. The van der Waals surface area contributed by atoms with Gasteiger partial charge >= 0.3 is 83.6 Å². The number of hydrogen-bond acceptors (Lipinski definition) is 28. The maximum absolute atomic E-state index is 12.1. The van der Waals surface area contributed by atoms with Gasteiger partial charge in [0.05, 0.1) is 92.5 Å². The molecular weight excluding hydrogens is 1290 g/mol. The molecule has 0 amide bonds. The van der Waals surface area contributed by atoms with E-state index in [2.05, 4.69) is 0 Å². The van der Waals surface area contributed by atoms with Gasteiger partial charge in [-0.05, 0) is 180 Å². The van der Waals surface area contributed by atoms with Crippen LogP contribution in [0.4, 0.5) is 0 Å². The molecule has 1 saturated heterocycles. The van der Waals surface area contributed by atoms with Crippen molar-refractivity contribution in [2.24, 2.45) is 0 Å². The summed E-state index contributed by atoms with van der Waals surface area (Å²) < 4.78 is 73.1. The van der Waals surface area contributed by atoms with Crippen LogP contribution < -0.4 is 0 Å². The number of ether oxygens (including phenoxy) is 14. The van der Waals surface area contributed by atoms with Crippen molar-refractivity contribution in [3.05, 3.63) is 0 Å². The van der Waals surface area contributed by atoms with E-state index in [-0.39, 0.29) is 182 Å². The third-order valence-electron chi connectivity index (χ3n) is 14.5. The Bertz CT molecular complexity index is 1680. The second-order valence-electron chi connectivity index (χ2n) is 23.5. The zero-order chi connectivity index (χ0) is 71.6. The van der Waals surface area contributed by atoms with Crippen LogP contribution in [0.3, 0.4) is 0 Å². The minimum absolute atomic E-state index is 0.143. The van der Waals surface area contributed by atoms with Gasteiger partial charge in [0.25, 0.3) is 0 Å². The largest absolute Gasteiger partial charge is 0.466 e. The summed E-state index contributed by atoms with van der Waals surface area (Å²) in [4.78, 5) is 169. The fourth-order valence-electron chi connectivity index (χ4n) is 8.81. The second-order valence-corrected chi connectivity index (χ2v) is 23.5. The molecule has 28 heteroatoms. The third-order valence-corrected chi connectivity index (χ3v) is 14.5. The number of cyclic esters (lactones) is 14. The van der Waals surface area contributed by atoms with E-state index in [4.69, 9.17) is 66.3 Å². The van der Waals surface area contributed by atoms with Gasteiger partial charge < -0.3 is 66.3 Å². The molecule has 0 atom stereocenters. The zero-order valence-corrected chi connectivity index (χ0v) is 58.0. The van der Waals surface area contributed by atoms with Crippen LogP contribution in [0.1, 0.15) is 270 Å². The third kappa shape index (κ3) is 62.1. The molecule has 0 N–H and O–H groups in total. The standard InChI is InChI=1S/C70H112O28/c71-57-29-1-2-30-58(72)86-44-17-18-46-88-60(74)32-5-6-34-62(76)90-48-21-22-50-92-64(78)36-9-10-38-66(80)94-52-25-26-54-96-68(82)40-13-14-42-70(84)98-56-28-27-55-97-69(83)41-12-11-39-67(81)95-53-24-23-51-93-65(79)37-8-7-35-63(77)91-49-20-19-47-89-61(75)33-4-3-31-59(73)87-45-16-15-43-85-57/h1-56H2. The summed E-state index contributed by atoms with van der Waals surface area (Å²) in [7, 11) is 0. The first-order chi connectivity index (χ1) is 47.5. The van der Waals surface area contributed by atoms with Crippen molar-refractivity contribution >= 4 is 83.6 Å². The summed E-state index contributed by atoms with van der Waals surface area (Å²) in [5.74, 6) is -5.53. The normalized spacial score (nSPS) is 21.4. The van der Waals surface area contributed by atoms with Crippen LogP contribution in [0.25, 0.3) is 0 Å². The lowest BCUT2D eigenvalue weighted by atomic mass is 10.2. The van der Waals surface area contributed by atoms with Gasteiger partial charge in [-0.3, -0.25) is 67.1 Å². The van der Waals surface area contributed by atoms with E-state index in [9.17, 15) is 67.1 Å². The van der Waals surface area contributed by atoms with Crippen molar-refractivity contribution in [3.63, 3.8) is 0 Å². The fraction of sp³-hybridized carbons (Fsp3) is 0.800. The highest BCUT2D eigenvalue weighted by atomic mass is 16.6. The number of esters is 14. The summed E-state index contributed by atoms with van der Waals surface area (Å²) in [6.07, 6.45) is 15.2. The molecule has 0 aromatic carbocycles. The molecule has 1 aliphatic rings. The lowest BCUT2D eigenvalue weighted by molar-refractivity contribution is -0.147. The molecule has 0 bridgehead atoms. The van der Waals surface area contributed by atoms with Crippen LogP contribution >= 0.6 is 0 Å². The molecule has 28 nitrogen and oxygen atoms in total. The first-order valence-corrected chi connectivity index (χ1v) is 35.7. The van der Waals surface area contributed by atoms with Crippen LogP contribution in [0.15, 0.2) is 0 Å². The fourth-order valence-corrected chi connectivity index (χ4v) is 8.81. The number of rotatable bonds is 0. The first-order valence-electron chi connectivity index (χ1n) is 35.7. The van der Waals surface area contributed by atoms with Gasteiger partial charge in [-0.1, -0.05) is 0 Å². The monoisotopic (exact) mass is 1400 g/mol. The topological polar surface area (TPSA) is 368 Å². The van der Waals surface area contributed by atoms with Crippen LogP contribution in [-0.2, 0) is 133 Å². The van der Waals surface area contributed by atoms with Gasteiger partial charge in [0.2, 0.25) is 0 Å². The van der Waals surface area contributed by atoms with Crippen molar-refractivity contribution in [2.75, 3.05) is 92.5 Å². The van der Waals surface area contributed by atoms with Gasteiger partial charge in [0.15, 0.2) is 0 Å². The Morgan fingerprint density at radius 3 is 0.224 bits per heavy atom. The molecule has 560 valence electrons. The summed E-state index contributed by atoms with van der Waals surface area (Å²) in [5.41, 5.74) is 0. The Morgan fingerprint density at radius 1 is 0.102 bits per heavy atom. The number of hydrogen-bond donors (Lipinski definition) is 0. The molecule has 1 aliphatic heterocycles. The molecule has 0 spiro atoms. The molecule has 0 radical (unpaired) electrons. The van der Waals surface area contributed by atoms with Gasteiger partial charge in [-0.25, -0.2) is 0 Å². The highest BCUT2D eigenvalue weighted by molar-refractivity contribution is 5.74. The Labute approximate surface area is 577 Å². The number of carbonyl (C=O) groups is 14. The van der Waals surface area contributed by atoms with E-state index >= 15 is 0 Å². The highest BCUT2D eigenvalue weighted by Gasteiger charge is 2.15. The van der Waals surface area contributed by atoms with Crippen LogP contribution in [-0.4, -0.2) is 176 Å². The zero-order valence-electron chi connectivity index (χ0n) is 58.0. The van der Waals surface area contributed by atoms with E-state index < -0.39 is 83.6 Å². The van der Waals surface area contributed by atoms with Crippen molar-refractivity contribution < 1.29 is 133 Å². The molecular formula is C70H112O28. The van der Waals surface area contributed by atoms with Crippen LogP contribution in [0, 0.1) is 0 Å². The minimum atomic E-state index is -0.395. The van der Waals surface area contributed by atoms with Gasteiger partial charge in [0.1, 0.15) is 0 Å². The highest BCUT2D eigenvalue weighted by Crippen LogP contribution is 2.13. The van der Waals surface area contributed by atoms with E-state index in [1.807, 2.05) is 0 Å². The molecule has 0 aliphatic carbocycles.